The van der Waals surface area contributed by atoms with Crippen LogP contribution in [0.5, 0.6) is 5.88 Å². The Morgan fingerprint density at radius 1 is 1.23 bits per heavy atom. The van der Waals surface area contributed by atoms with Crippen LogP contribution >= 0.6 is 11.3 Å². The summed E-state index contributed by atoms with van der Waals surface area (Å²) < 4.78 is 0. The largest absolute Gasteiger partial charge is 0.492 e. The van der Waals surface area contributed by atoms with Gasteiger partial charge in [-0.1, -0.05) is 6.42 Å². The molecule has 120 valence electrons. The highest BCUT2D eigenvalue weighted by atomic mass is 32.1. The van der Waals surface area contributed by atoms with Crippen molar-refractivity contribution in [2.24, 2.45) is 11.8 Å². The average Bonchev–Trinajstić information content (AvgIpc) is 3.23. The first-order valence-corrected chi connectivity index (χ1v) is 9.13. The van der Waals surface area contributed by atoms with Crippen LogP contribution in [-0.4, -0.2) is 58.0 Å². The molecule has 0 aromatic carbocycles. The summed E-state index contributed by atoms with van der Waals surface area (Å²) in [6, 6.07) is 0.766. The number of fused-ring (bicyclic) bond motifs is 2. The first-order chi connectivity index (χ1) is 10.6. The van der Waals surface area contributed by atoms with E-state index in [0.717, 1.165) is 44.1 Å². The van der Waals surface area contributed by atoms with Crippen LogP contribution in [-0.2, 0) is 0 Å². The second kappa shape index (κ2) is 5.49. The highest BCUT2D eigenvalue weighted by Crippen LogP contribution is 2.46. The normalized spacial score (nSPS) is 31.9. The van der Waals surface area contributed by atoms with Gasteiger partial charge < -0.3 is 10.0 Å². The van der Waals surface area contributed by atoms with Crippen molar-refractivity contribution in [3.05, 3.63) is 9.88 Å². The molecule has 0 unspecified atom stereocenters. The van der Waals surface area contributed by atoms with E-state index < -0.39 is 0 Å². The van der Waals surface area contributed by atoms with Crippen molar-refractivity contribution in [3.63, 3.8) is 0 Å². The topological polar surface area (TPSA) is 56.7 Å². The molecule has 0 radical (unpaired) electrons. The Morgan fingerprint density at radius 3 is 2.55 bits per heavy atom. The third kappa shape index (κ3) is 2.42. The maximum Gasteiger partial charge on any atom is 0.283 e. The summed E-state index contributed by atoms with van der Waals surface area (Å²) in [7, 11) is 0. The highest BCUT2D eigenvalue weighted by Gasteiger charge is 2.43. The minimum Gasteiger partial charge on any atom is -0.492 e. The number of hydrogen-bond donors (Lipinski definition) is 1. The van der Waals surface area contributed by atoms with Crippen LogP contribution in [0.4, 0.5) is 0 Å². The number of rotatable bonds is 2. The Kier molecular flexibility index (Phi) is 3.61. The molecule has 1 amide bonds. The van der Waals surface area contributed by atoms with E-state index in [4.69, 9.17) is 0 Å². The van der Waals surface area contributed by atoms with Gasteiger partial charge in [0.15, 0.2) is 5.01 Å². The van der Waals surface area contributed by atoms with Gasteiger partial charge >= 0.3 is 0 Å². The molecule has 3 fully saturated rings. The number of aromatic hydroxyl groups is 1. The molecule has 3 aliphatic rings. The lowest BCUT2D eigenvalue weighted by atomic mass is 9.93. The number of amides is 1. The molecule has 1 aromatic rings. The molecule has 1 aromatic heterocycles. The maximum atomic E-state index is 12.5. The molecular formula is C16H23N3O2S. The molecule has 2 aliphatic carbocycles. The number of thiazole rings is 1. The number of piperazine rings is 1. The van der Waals surface area contributed by atoms with Gasteiger partial charge in [-0.3, -0.25) is 9.69 Å². The zero-order chi connectivity index (χ0) is 15.3. The third-order valence-electron chi connectivity index (χ3n) is 5.73. The van der Waals surface area contributed by atoms with Gasteiger partial charge in [-0.05, 0) is 38.0 Å². The monoisotopic (exact) mass is 321 g/mol. The van der Waals surface area contributed by atoms with Crippen molar-refractivity contribution in [1.29, 1.82) is 0 Å². The molecule has 3 atom stereocenters. The molecule has 1 aliphatic heterocycles. The first-order valence-electron chi connectivity index (χ1n) is 8.31. The Labute approximate surface area is 134 Å². The molecular weight excluding hydrogens is 298 g/mol. The summed E-state index contributed by atoms with van der Waals surface area (Å²) in [5.74, 6) is 1.84. The van der Waals surface area contributed by atoms with Crippen molar-refractivity contribution in [2.45, 2.75) is 38.6 Å². The Morgan fingerprint density at radius 2 is 2.00 bits per heavy atom. The van der Waals surface area contributed by atoms with Crippen molar-refractivity contribution in [3.8, 4) is 5.88 Å². The number of carbonyl (C=O) groups excluding carboxylic acids is 1. The van der Waals surface area contributed by atoms with Crippen molar-refractivity contribution in [2.75, 3.05) is 26.2 Å². The number of nitrogens with zero attached hydrogens (tertiary/aromatic N) is 3. The van der Waals surface area contributed by atoms with E-state index in [1.54, 1.807) is 6.92 Å². The van der Waals surface area contributed by atoms with Crippen LogP contribution in [0.1, 0.15) is 40.4 Å². The minimum atomic E-state index is -0.0269. The van der Waals surface area contributed by atoms with Crippen LogP contribution in [0, 0.1) is 18.8 Å². The van der Waals surface area contributed by atoms with E-state index in [1.165, 1.54) is 37.0 Å². The van der Waals surface area contributed by atoms with Gasteiger partial charge in [0.2, 0.25) is 5.88 Å². The molecule has 4 rings (SSSR count). The zero-order valence-corrected chi connectivity index (χ0v) is 13.8. The number of aryl methyl sites for hydroxylation is 1. The Balaban J connectivity index is 1.36. The second-order valence-electron chi connectivity index (χ2n) is 6.97. The fraction of sp³-hybridized carbons (Fsp3) is 0.750. The van der Waals surface area contributed by atoms with E-state index in [0.29, 0.717) is 9.88 Å². The minimum absolute atomic E-state index is 0.00559. The van der Waals surface area contributed by atoms with Crippen LogP contribution in [0.25, 0.3) is 0 Å². The number of aromatic nitrogens is 1. The van der Waals surface area contributed by atoms with Crippen LogP contribution in [0.15, 0.2) is 0 Å². The fourth-order valence-electron chi connectivity index (χ4n) is 4.53. The summed E-state index contributed by atoms with van der Waals surface area (Å²) in [4.78, 5) is 21.7. The fourth-order valence-corrected chi connectivity index (χ4v) is 5.31. The van der Waals surface area contributed by atoms with Gasteiger partial charge in [-0.15, -0.1) is 11.3 Å². The molecule has 2 saturated carbocycles. The molecule has 2 bridgehead atoms. The summed E-state index contributed by atoms with van der Waals surface area (Å²) in [5, 5.41) is 9.97. The van der Waals surface area contributed by atoms with Crippen molar-refractivity contribution < 1.29 is 9.90 Å². The highest BCUT2D eigenvalue weighted by molar-refractivity contribution is 7.13. The third-order valence-corrected chi connectivity index (χ3v) is 6.67. The smallest absolute Gasteiger partial charge is 0.283 e. The van der Waals surface area contributed by atoms with Crippen LogP contribution in [0.2, 0.25) is 0 Å². The number of carbonyl (C=O) groups is 1. The molecule has 1 saturated heterocycles. The van der Waals surface area contributed by atoms with E-state index in [2.05, 4.69) is 9.88 Å². The second-order valence-corrected chi connectivity index (χ2v) is 8.17. The van der Waals surface area contributed by atoms with E-state index in [1.807, 2.05) is 4.90 Å². The lowest BCUT2D eigenvalue weighted by Gasteiger charge is -2.40. The van der Waals surface area contributed by atoms with Crippen molar-refractivity contribution >= 4 is 17.2 Å². The van der Waals surface area contributed by atoms with Gasteiger partial charge in [0.05, 0.1) is 4.88 Å². The average molecular weight is 321 g/mol. The summed E-state index contributed by atoms with van der Waals surface area (Å²) in [6.07, 6.45) is 5.65. The van der Waals surface area contributed by atoms with E-state index in [-0.39, 0.29) is 11.8 Å². The molecule has 1 N–H and O–H groups in total. The molecule has 6 heteroatoms. The van der Waals surface area contributed by atoms with Gasteiger partial charge in [0.25, 0.3) is 5.91 Å². The SMILES string of the molecule is Cc1sc(C(=O)N2CCN([C@H]3C[C@H]4CC[C@H]3C4)CC2)nc1O. The van der Waals surface area contributed by atoms with Gasteiger partial charge in [0.1, 0.15) is 0 Å². The standard InChI is InChI=1S/C16H23N3O2S/c1-10-14(20)17-15(22-10)16(21)19-6-4-18(5-7-19)13-9-11-2-3-12(13)8-11/h11-13,20H,2-9H2,1H3/t11-,12-,13-/m0/s1. The van der Waals surface area contributed by atoms with Crippen molar-refractivity contribution in [1.82, 2.24) is 14.8 Å². The van der Waals surface area contributed by atoms with Gasteiger partial charge in [-0.25, -0.2) is 0 Å². The lowest BCUT2D eigenvalue weighted by molar-refractivity contribution is 0.0495. The molecule has 0 spiro atoms. The quantitative estimate of drug-likeness (QED) is 0.906. The molecule has 2 heterocycles. The predicted octanol–water partition coefficient (Wildman–Crippen LogP) is 2.10. The van der Waals surface area contributed by atoms with Gasteiger partial charge in [-0.2, -0.15) is 4.98 Å². The molecule has 5 nitrogen and oxygen atoms in total. The lowest BCUT2D eigenvalue weighted by Crippen LogP contribution is -2.53. The number of hydrogen-bond acceptors (Lipinski definition) is 5. The Bertz CT molecular complexity index is 560. The van der Waals surface area contributed by atoms with E-state index >= 15 is 0 Å². The summed E-state index contributed by atoms with van der Waals surface area (Å²) >= 11 is 1.29. The zero-order valence-electron chi connectivity index (χ0n) is 13.0. The summed E-state index contributed by atoms with van der Waals surface area (Å²) in [5.41, 5.74) is 0. The summed E-state index contributed by atoms with van der Waals surface area (Å²) in [6.45, 7) is 5.32. The predicted molar refractivity (Wildman–Crippen MR) is 85.2 cm³/mol. The van der Waals surface area contributed by atoms with Crippen LogP contribution in [0.3, 0.4) is 0 Å². The maximum absolute atomic E-state index is 12.5. The first kappa shape index (κ1) is 14.5. The van der Waals surface area contributed by atoms with Gasteiger partial charge in [0, 0.05) is 32.2 Å². The Hall–Kier alpha value is -1.14. The van der Waals surface area contributed by atoms with E-state index in [9.17, 15) is 9.90 Å². The molecule has 22 heavy (non-hydrogen) atoms. The van der Waals surface area contributed by atoms with Crippen LogP contribution < -0.4 is 0 Å².